The number of aromatic nitrogens is 2. The SMILES string of the molecule is Cc1ncc(CO)c(C2=CN3CCCC4=CC=CC2=C=C43)n1. The van der Waals surface area contributed by atoms with Crippen molar-refractivity contribution in [3.05, 3.63) is 70.3 Å². The Morgan fingerprint density at radius 2 is 2.32 bits per heavy atom. The highest BCUT2D eigenvalue weighted by Gasteiger charge is 2.25. The zero-order chi connectivity index (χ0) is 15.1. The predicted octanol–water partition coefficient (Wildman–Crippen LogP) is 2.63. The van der Waals surface area contributed by atoms with E-state index in [1.165, 1.54) is 11.3 Å². The third-order valence-electron chi connectivity index (χ3n) is 4.24. The fraction of sp³-hybridized carbons (Fsp3) is 0.278. The van der Waals surface area contributed by atoms with Crippen LogP contribution in [0.4, 0.5) is 0 Å². The third kappa shape index (κ3) is 2.05. The first kappa shape index (κ1) is 13.3. The molecule has 0 radical (unpaired) electrons. The Hall–Kier alpha value is -2.42. The number of hydrogen-bond acceptors (Lipinski definition) is 4. The van der Waals surface area contributed by atoms with E-state index in [1.807, 2.05) is 6.92 Å². The second-order valence-corrected chi connectivity index (χ2v) is 5.73. The van der Waals surface area contributed by atoms with Gasteiger partial charge in [-0.15, -0.1) is 0 Å². The summed E-state index contributed by atoms with van der Waals surface area (Å²) >= 11 is 0. The van der Waals surface area contributed by atoms with Crippen molar-refractivity contribution in [2.75, 3.05) is 6.54 Å². The lowest BCUT2D eigenvalue weighted by molar-refractivity contribution is 0.280. The lowest BCUT2D eigenvalue weighted by Gasteiger charge is -2.32. The Morgan fingerprint density at radius 1 is 1.41 bits per heavy atom. The number of nitrogens with zero attached hydrogens (tertiary/aromatic N) is 3. The van der Waals surface area contributed by atoms with Crippen LogP contribution in [0.5, 0.6) is 0 Å². The number of hydrogen-bond donors (Lipinski definition) is 1. The molecule has 1 saturated heterocycles. The smallest absolute Gasteiger partial charge is 0.125 e. The highest BCUT2D eigenvalue weighted by atomic mass is 16.3. The molecule has 0 unspecified atom stereocenters. The van der Waals surface area contributed by atoms with Crippen molar-refractivity contribution in [1.29, 1.82) is 0 Å². The van der Waals surface area contributed by atoms with Crippen molar-refractivity contribution in [3.63, 3.8) is 0 Å². The summed E-state index contributed by atoms with van der Waals surface area (Å²) < 4.78 is 0. The zero-order valence-corrected chi connectivity index (χ0v) is 12.5. The van der Waals surface area contributed by atoms with Gasteiger partial charge in [0.2, 0.25) is 0 Å². The molecule has 1 N–H and O–H groups in total. The standard InChI is InChI=1S/C18H17N3O/c1-12-19-9-15(11-22)18(20-12)16-10-21-7-3-6-13-4-2-5-14(16)8-17(13)21/h2,4-5,9-10,22H,3,6-7,11H2,1H3. The minimum atomic E-state index is -0.0655. The third-order valence-corrected chi connectivity index (χ3v) is 4.24. The molecule has 110 valence electrons. The van der Waals surface area contributed by atoms with E-state index in [9.17, 15) is 5.11 Å². The van der Waals surface area contributed by atoms with E-state index in [0.29, 0.717) is 5.82 Å². The molecule has 1 fully saturated rings. The van der Waals surface area contributed by atoms with Crippen LogP contribution in [0, 0.1) is 6.92 Å². The highest BCUT2D eigenvalue weighted by molar-refractivity contribution is 5.83. The summed E-state index contributed by atoms with van der Waals surface area (Å²) in [6.45, 7) is 2.80. The van der Waals surface area contributed by atoms with Gasteiger partial charge in [0, 0.05) is 35.7 Å². The van der Waals surface area contributed by atoms with E-state index in [-0.39, 0.29) is 6.61 Å². The average Bonchev–Trinajstić information content (AvgIpc) is 2.74. The molecule has 4 nitrogen and oxygen atoms in total. The maximum absolute atomic E-state index is 9.61. The monoisotopic (exact) mass is 291 g/mol. The van der Waals surface area contributed by atoms with Gasteiger partial charge >= 0.3 is 0 Å². The first-order chi connectivity index (χ1) is 10.8. The molecule has 0 saturated carbocycles. The summed E-state index contributed by atoms with van der Waals surface area (Å²) in [6.07, 6.45) is 12.4. The largest absolute Gasteiger partial charge is 0.392 e. The van der Waals surface area contributed by atoms with E-state index >= 15 is 0 Å². The Balaban J connectivity index is 1.91. The number of aliphatic hydroxyl groups is 1. The van der Waals surface area contributed by atoms with Gasteiger partial charge in [-0.1, -0.05) is 17.9 Å². The molecule has 0 atom stereocenters. The van der Waals surface area contributed by atoms with Crippen LogP contribution in [0.15, 0.2) is 53.2 Å². The Kier molecular flexibility index (Phi) is 3.07. The van der Waals surface area contributed by atoms with E-state index in [0.717, 1.165) is 41.8 Å². The van der Waals surface area contributed by atoms with Crippen LogP contribution in [0.1, 0.15) is 29.9 Å². The van der Waals surface area contributed by atoms with Gasteiger partial charge in [-0.2, -0.15) is 0 Å². The van der Waals surface area contributed by atoms with Gasteiger partial charge in [-0.25, -0.2) is 9.97 Å². The first-order valence-corrected chi connectivity index (χ1v) is 7.57. The number of aryl methyl sites for hydroxylation is 1. The highest BCUT2D eigenvalue weighted by Crippen LogP contribution is 2.36. The fourth-order valence-corrected chi connectivity index (χ4v) is 3.14. The molecule has 3 heterocycles. The van der Waals surface area contributed by atoms with Crippen molar-refractivity contribution < 1.29 is 5.11 Å². The zero-order valence-electron chi connectivity index (χ0n) is 12.5. The van der Waals surface area contributed by atoms with Crippen LogP contribution in [0.25, 0.3) is 5.57 Å². The lowest BCUT2D eigenvalue weighted by atomic mass is 9.95. The molecule has 4 heteroatoms. The molecule has 0 aromatic carbocycles. The van der Waals surface area contributed by atoms with Crippen molar-refractivity contribution in [2.24, 2.45) is 0 Å². The van der Waals surface area contributed by atoms with Gasteiger partial charge in [0.25, 0.3) is 0 Å². The molecule has 4 rings (SSSR count). The summed E-state index contributed by atoms with van der Waals surface area (Å²) in [4.78, 5) is 11.0. The molecule has 3 aliphatic rings. The number of aliphatic hydroxyl groups excluding tert-OH is 1. The Morgan fingerprint density at radius 3 is 3.18 bits per heavy atom. The van der Waals surface area contributed by atoms with E-state index in [2.05, 4.69) is 45.0 Å². The van der Waals surface area contributed by atoms with Crippen LogP contribution in [-0.4, -0.2) is 26.5 Å². The first-order valence-electron chi connectivity index (χ1n) is 7.57. The number of allylic oxidation sites excluding steroid dienone is 5. The van der Waals surface area contributed by atoms with Crippen molar-refractivity contribution in [1.82, 2.24) is 14.9 Å². The van der Waals surface area contributed by atoms with E-state index < -0.39 is 0 Å². The van der Waals surface area contributed by atoms with E-state index in [4.69, 9.17) is 0 Å². The Labute approximate surface area is 129 Å². The predicted molar refractivity (Wildman–Crippen MR) is 84.4 cm³/mol. The second-order valence-electron chi connectivity index (χ2n) is 5.73. The van der Waals surface area contributed by atoms with Crippen LogP contribution in [0.3, 0.4) is 0 Å². The van der Waals surface area contributed by atoms with Crippen LogP contribution in [0.2, 0.25) is 0 Å². The van der Waals surface area contributed by atoms with Gasteiger partial charge < -0.3 is 10.0 Å². The molecule has 1 aliphatic carbocycles. The number of piperidine rings is 1. The second kappa shape index (κ2) is 5.09. The topological polar surface area (TPSA) is 49.3 Å². The van der Waals surface area contributed by atoms with Crippen molar-refractivity contribution in [2.45, 2.75) is 26.4 Å². The molecule has 2 bridgehead atoms. The fourth-order valence-electron chi connectivity index (χ4n) is 3.14. The molecule has 0 amide bonds. The summed E-state index contributed by atoms with van der Waals surface area (Å²) in [5.41, 5.74) is 9.62. The average molecular weight is 291 g/mol. The van der Waals surface area contributed by atoms with Crippen molar-refractivity contribution >= 4 is 5.57 Å². The van der Waals surface area contributed by atoms with Crippen LogP contribution >= 0.6 is 0 Å². The molecular weight excluding hydrogens is 274 g/mol. The van der Waals surface area contributed by atoms with Gasteiger partial charge in [-0.3, -0.25) is 0 Å². The molecular formula is C18H17N3O. The van der Waals surface area contributed by atoms with Crippen LogP contribution in [-0.2, 0) is 6.61 Å². The van der Waals surface area contributed by atoms with Crippen LogP contribution < -0.4 is 0 Å². The summed E-state index contributed by atoms with van der Waals surface area (Å²) in [7, 11) is 0. The summed E-state index contributed by atoms with van der Waals surface area (Å²) in [5.74, 6) is 0.707. The molecule has 0 spiro atoms. The molecule has 1 aromatic heterocycles. The maximum Gasteiger partial charge on any atom is 0.125 e. The lowest BCUT2D eigenvalue weighted by Crippen LogP contribution is -2.26. The molecule has 22 heavy (non-hydrogen) atoms. The van der Waals surface area contributed by atoms with Gasteiger partial charge in [0.15, 0.2) is 0 Å². The normalized spacial score (nSPS) is 19.1. The van der Waals surface area contributed by atoms with Gasteiger partial charge in [-0.05, 0) is 31.4 Å². The summed E-state index contributed by atoms with van der Waals surface area (Å²) in [6, 6.07) is 0. The molecule has 1 aromatic rings. The number of rotatable bonds is 2. The summed E-state index contributed by atoms with van der Waals surface area (Å²) in [5, 5.41) is 9.61. The minimum absolute atomic E-state index is 0.0655. The molecule has 2 aliphatic heterocycles. The minimum Gasteiger partial charge on any atom is -0.392 e. The van der Waals surface area contributed by atoms with E-state index in [1.54, 1.807) is 6.20 Å². The van der Waals surface area contributed by atoms with Gasteiger partial charge in [0.1, 0.15) is 5.82 Å². The van der Waals surface area contributed by atoms with Gasteiger partial charge in [0.05, 0.1) is 18.0 Å². The van der Waals surface area contributed by atoms with Crippen molar-refractivity contribution in [3.8, 4) is 0 Å². The Bertz CT molecular complexity index is 808. The maximum atomic E-state index is 9.61. The quantitative estimate of drug-likeness (QED) is 0.851.